The van der Waals surface area contributed by atoms with Crippen molar-refractivity contribution in [1.82, 2.24) is 19.8 Å². The molecule has 0 saturated carbocycles. The first-order valence-electron chi connectivity index (χ1n) is 7.13. The van der Waals surface area contributed by atoms with Crippen LogP contribution in [0.15, 0.2) is 6.33 Å². The second kappa shape index (κ2) is 7.39. The monoisotopic (exact) mass is 295 g/mol. The van der Waals surface area contributed by atoms with E-state index in [0.717, 1.165) is 45.1 Å². The maximum atomic E-state index is 5.46. The van der Waals surface area contributed by atoms with Gasteiger partial charge in [-0.2, -0.15) is 0 Å². The van der Waals surface area contributed by atoms with Crippen LogP contribution in [-0.2, 0) is 0 Å². The number of piperazine rings is 1. The number of nitrogen functional groups attached to an aromatic ring is 1. The Kier molecular flexibility index (Phi) is 5.54. The average molecular weight is 295 g/mol. The van der Waals surface area contributed by atoms with E-state index in [4.69, 9.17) is 10.6 Å². The maximum Gasteiger partial charge on any atom is 0.205 e. The van der Waals surface area contributed by atoms with Gasteiger partial charge in [0.05, 0.1) is 7.11 Å². The SMILES string of the molecule is COc1c(NN)ncnc1N1CCN(CCN(C)C)CC1. The molecule has 21 heavy (non-hydrogen) atoms. The highest BCUT2D eigenvalue weighted by molar-refractivity contribution is 5.64. The lowest BCUT2D eigenvalue weighted by Gasteiger charge is -2.36. The van der Waals surface area contributed by atoms with Crippen LogP contribution in [-0.4, -0.2) is 80.2 Å². The maximum absolute atomic E-state index is 5.46. The number of aromatic nitrogens is 2. The van der Waals surface area contributed by atoms with Gasteiger partial charge in [-0.3, -0.25) is 4.90 Å². The zero-order valence-corrected chi connectivity index (χ0v) is 13.0. The quantitative estimate of drug-likeness (QED) is 0.534. The highest BCUT2D eigenvalue weighted by Crippen LogP contribution is 2.31. The molecule has 1 aromatic heterocycles. The first-order valence-corrected chi connectivity index (χ1v) is 7.13. The molecule has 0 radical (unpaired) electrons. The van der Waals surface area contributed by atoms with Gasteiger partial charge in [0.2, 0.25) is 5.75 Å². The summed E-state index contributed by atoms with van der Waals surface area (Å²) < 4.78 is 5.40. The number of nitrogens with one attached hydrogen (secondary N) is 1. The third-order valence-electron chi connectivity index (χ3n) is 3.66. The fraction of sp³-hybridized carbons (Fsp3) is 0.692. The molecule has 8 nitrogen and oxygen atoms in total. The van der Waals surface area contributed by atoms with E-state index >= 15 is 0 Å². The number of methoxy groups -OCH3 is 1. The van der Waals surface area contributed by atoms with E-state index in [-0.39, 0.29) is 0 Å². The highest BCUT2D eigenvalue weighted by Gasteiger charge is 2.22. The van der Waals surface area contributed by atoms with E-state index in [0.29, 0.717) is 11.6 Å². The molecule has 2 rings (SSSR count). The number of ether oxygens (including phenoxy) is 1. The van der Waals surface area contributed by atoms with Crippen LogP contribution >= 0.6 is 0 Å². The lowest BCUT2D eigenvalue weighted by molar-refractivity contribution is 0.228. The Balaban J connectivity index is 1.99. The predicted molar refractivity (Wildman–Crippen MR) is 83.6 cm³/mol. The van der Waals surface area contributed by atoms with Crippen LogP contribution < -0.4 is 20.9 Å². The molecule has 0 bridgehead atoms. The van der Waals surface area contributed by atoms with E-state index < -0.39 is 0 Å². The minimum atomic E-state index is 0.512. The number of nitrogens with two attached hydrogens (primary N) is 1. The molecule has 1 fully saturated rings. The molecular formula is C13H25N7O. The normalized spacial score (nSPS) is 16.3. The third kappa shape index (κ3) is 3.93. The minimum absolute atomic E-state index is 0.512. The Morgan fingerprint density at radius 2 is 2.00 bits per heavy atom. The Labute approximate surface area is 125 Å². The van der Waals surface area contributed by atoms with E-state index in [1.54, 1.807) is 7.11 Å². The number of likely N-dealkylation sites (N-methyl/N-ethyl adjacent to an activating group) is 1. The van der Waals surface area contributed by atoms with Gasteiger partial charge < -0.3 is 20.0 Å². The van der Waals surface area contributed by atoms with Gasteiger partial charge >= 0.3 is 0 Å². The lowest BCUT2D eigenvalue weighted by atomic mass is 10.3. The average Bonchev–Trinajstić information content (AvgIpc) is 2.52. The summed E-state index contributed by atoms with van der Waals surface area (Å²) in [6, 6.07) is 0. The molecule has 0 unspecified atom stereocenters. The van der Waals surface area contributed by atoms with Crippen molar-refractivity contribution in [3.63, 3.8) is 0 Å². The molecule has 1 aliphatic heterocycles. The minimum Gasteiger partial charge on any atom is -0.490 e. The van der Waals surface area contributed by atoms with Crippen molar-refractivity contribution < 1.29 is 4.74 Å². The molecule has 1 aliphatic rings. The van der Waals surface area contributed by atoms with Crippen molar-refractivity contribution in [2.45, 2.75) is 0 Å². The predicted octanol–water partition coefficient (Wildman–Crippen LogP) is -0.546. The molecule has 0 amide bonds. The van der Waals surface area contributed by atoms with Crippen LogP contribution in [0.25, 0.3) is 0 Å². The summed E-state index contributed by atoms with van der Waals surface area (Å²) >= 11 is 0. The molecule has 1 aromatic rings. The second-order valence-electron chi connectivity index (χ2n) is 5.36. The Hall–Kier alpha value is -1.64. The van der Waals surface area contributed by atoms with Gasteiger partial charge in [-0.15, -0.1) is 0 Å². The summed E-state index contributed by atoms with van der Waals surface area (Å²) in [5, 5.41) is 0. The molecule has 0 spiro atoms. The second-order valence-corrected chi connectivity index (χ2v) is 5.36. The topological polar surface area (TPSA) is 82.8 Å². The van der Waals surface area contributed by atoms with Crippen molar-refractivity contribution in [3.05, 3.63) is 6.33 Å². The molecule has 3 N–H and O–H groups in total. The molecule has 118 valence electrons. The summed E-state index contributed by atoms with van der Waals surface area (Å²) in [7, 11) is 5.81. The summed E-state index contributed by atoms with van der Waals surface area (Å²) in [6.07, 6.45) is 1.51. The summed E-state index contributed by atoms with van der Waals surface area (Å²) in [6.45, 7) is 6.06. The first kappa shape index (κ1) is 15.7. The molecule has 8 heteroatoms. The van der Waals surface area contributed by atoms with Crippen molar-refractivity contribution in [3.8, 4) is 5.75 Å². The Bertz CT molecular complexity index is 446. The van der Waals surface area contributed by atoms with Crippen molar-refractivity contribution >= 4 is 11.6 Å². The smallest absolute Gasteiger partial charge is 0.205 e. The van der Waals surface area contributed by atoms with Gasteiger partial charge in [0, 0.05) is 39.3 Å². The van der Waals surface area contributed by atoms with Crippen LogP contribution in [0.3, 0.4) is 0 Å². The van der Waals surface area contributed by atoms with Crippen molar-refractivity contribution in [1.29, 1.82) is 0 Å². The first-order chi connectivity index (χ1) is 10.2. The van der Waals surface area contributed by atoms with Gasteiger partial charge in [0.1, 0.15) is 6.33 Å². The molecular weight excluding hydrogens is 270 g/mol. The van der Waals surface area contributed by atoms with Gasteiger partial charge in [-0.25, -0.2) is 15.8 Å². The summed E-state index contributed by atoms with van der Waals surface area (Å²) in [5.41, 5.74) is 2.55. The standard InChI is InChI=1S/C13H25N7O/c1-18(2)4-5-19-6-8-20(9-7-19)13-11(21-3)12(17-14)15-10-16-13/h10H,4-9,14H2,1-3H3,(H,15,16,17). The van der Waals surface area contributed by atoms with Crippen LogP contribution in [0.4, 0.5) is 11.6 Å². The van der Waals surface area contributed by atoms with Gasteiger partial charge in [0.15, 0.2) is 11.6 Å². The van der Waals surface area contributed by atoms with Gasteiger partial charge in [-0.1, -0.05) is 0 Å². The summed E-state index contributed by atoms with van der Waals surface area (Å²) in [4.78, 5) is 15.3. The molecule has 0 aliphatic carbocycles. The number of hydrogen-bond donors (Lipinski definition) is 2. The fourth-order valence-corrected chi connectivity index (χ4v) is 2.41. The zero-order chi connectivity index (χ0) is 15.2. The van der Waals surface area contributed by atoms with Crippen LogP contribution in [0.5, 0.6) is 5.75 Å². The molecule has 0 aromatic carbocycles. The van der Waals surface area contributed by atoms with Gasteiger partial charge in [0.25, 0.3) is 0 Å². The third-order valence-corrected chi connectivity index (χ3v) is 3.66. The number of rotatable bonds is 6. The van der Waals surface area contributed by atoms with Crippen LogP contribution in [0.1, 0.15) is 0 Å². The summed E-state index contributed by atoms with van der Waals surface area (Å²) in [5.74, 6) is 7.37. The number of anilines is 2. The Morgan fingerprint density at radius 1 is 1.29 bits per heavy atom. The van der Waals surface area contributed by atoms with Crippen molar-refractivity contribution in [2.24, 2.45) is 5.84 Å². The highest BCUT2D eigenvalue weighted by atomic mass is 16.5. The number of hydrazine groups is 1. The van der Waals surface area contributed by atoms with Crippen LogP contribution in [0.2, 0.25) is 0 Å². The zero-order valence-electron chi connectivity index (χ0n) is 13.0. The fourth-order valence-electron chi connectivity index (χ4n) is 2.41. The Morgan fingerprint density at radius 3 is 2.57 bits per heavy atom. The number of nitrogens with zero attached hydrogens (tertiary/aromatic N) is 5. The largest absolute Gasteiger partial charge is 0.490 e. The number of hydrogen-bond acceptors (Lipinski definition) is 8. The molecule has 1 saturated heterocycles. The molecule has 2 heterocycles. The van der Waals surface area contributed by atoms with E-state index in [9.17, 15) is 0 Å². The van der Waals surface area contributed by atoms with Gasteiger partial charge in [-0.05, 0) is 14.1 Å². The van der Waals surface area contributed by atoms with E-state index in [2.05, 4.69) is 44.2 Å². The lowest BCUT2D eigenvalue weighted by Crippen LogP contribution is -2.48. The van der Waals surface area contributed by atoms with E-state index in [1.807, 2.05) is 0 Å². The van der Waals surface area contributed by atoms with Crippen molar-refractivity contribution in [2.75, 3.05) is 70.8 Å². The van der Waals surface area contributed by atoms with Crippen LogP contribution in [0, 0.1) is 0 Å². The van der Waals surface area contributed by atoms with E-state index in [1.165, 1.54) is 6.33 Å². The molecule has 0 atom stereocenters.